The third kappa shape index (κ3) is 5.23. The molecule has 6 heteroatoms. The van der Waals surface area contributed by atoms with E-state index < -0.39 is 8.84 Å². The van der Waals surface area contributed by atoms with Crippen molar-refractivity contribution in [3.63, 3.8) is 0 Å². The van der Waals surface area contributed by atoms with Crippen molar-refractivity contribution in [1.82, 2.24) is 4.57 Å². The van der Waals surface area contributed by atoms with Gasteiger partial charge in [0.05, 0.1) is 0 Å². The standard InChI is InChI=1S/C26H29NOSi.2ClH.Ti/c1-27(22-11-3-2-4-12-22)29(28)18-21-15-16-25-23-13-7-5-9-19(23)17-20-10-6-8-14-24(20)26(21)25;;;/h5-10,13-14,16,22H,2-4,11-12,15,17-18H2,1H3;2*1H;/q;;;+4/p-2. The molecule has 1 fully saturated rings. The van der Waals surface area contributed by atoms with Gasteiger partial charge in [0.1, 0.15) is 0 Å². The summed E-state index contributed by atoms with van der Waals surface area (Å²) in [5.41, 5.74) is 9.58. The van der Waals surface area contributed by atoms with Crippen molar-refractivity contribution in [3.05, 3.63) is 82.4 Å². The summed E-state index contributed by atoms with van der Waals surface area (Å²) in [6.45, 7) is 0. The summed E-state index contributed by atoms with van der Waals surface area (Å²) < 4.78 is 15.6. The first-order chi connectivity index (χ1) is 14.2. The van der Waals surface area contributed by atoms with E-state index in [0.29, 0.717) is 6.04 Å². The van der Waals surface area contributed by atoms with Crippen molar-refractivity contribution in [2.45, 2.75) is 57.0 Å². The van der Waals surface area contributed by atoms with Gasteiger partial charge in [-0.15, -0.1) is 0 Å². The number of nitrogens with zero attached hydrogens (tertiary/aromatic N) is 1. The van der Waals surface area contributed by atoms with Gasteiger partial charge in [-0.1, -0.05) is 79.4 Å². The Morgan fingerprint density at radius 1 is 0.906 bits per heavy atom. The summed E-state index contributed by atoms with van der Waals surface area (Å²) in [6, 6.07) is 18.8. The molecule has 0 aromatic heterocycles. The fraction of sp³-hybridized carbons (Fsp3) is 0.385. The van der Waals surface area contributed by atoms with Gasteiger partial charge in [0.2, 0.25) is 0 Å². The Bertz CT molecular complexity index is 1030. The Morgan fingerprint density at radius 2 is 1.50 bits per heavy atom. The van der Waals surface area contributed by atoms with E-state index in [2.05, 4.69) is 66.2 Å². The maximum atomic E-state index is 13.4. The molecule has 2 aromatic rings. The number of fused-ring (bicyclic) bond motifs is 5. The molecule has 32 heavy (non-hydrogen) atoms. The van der Waals surface area contributed by atoms with E-state index >= 15 is 0 Å². The van der Waals surface area contributed by atoms with Crippen molar-refractivity contribution in [1.29, 1.82) is 0 Å². The van der Waals surface area contributed by atoms with Gasteiger partial charge in [0.25, 0.3) is 0 Å². The van der Waals surface area contributed by atoms with Gasteiger partial charge in [0, 0.05) is 19.1 Å². The Hall–Kier alpha value is -0.969. The van der Waals surface area contributed by atoms with Crippen molar-refractivity contribution < 1.29 is 51.0 Å². The first-order valence-corrected chi connectivity index (χ1v) is 12.6. The normalized spacial score (nSPS) is 16.7. The number of hydrogen-bond acceptors (Lipinski definition) is 1. The molecule has 164 valence electrons. The zero-order valence-corrected chi connectivity index (χ0v) is 22.6. The van der Waals surface area contributed by atoms with Gasteiger partial charge in [-0.2, -0.15) is 0 Å². The Labute approximate surface area is 221 Å². The van der Waals surface area contributed by atoms with Crippen LogP contribution in [0.4, 0.5) is 0 Å². The molecule has 0 atom stereocenters. The third-order valence-electron chi connectivity index (χ3n) is 7.03. The van der Waals surface area contributed by atoms with Gasteiger partial charge in [-0.05, 0) is 59.1 Å². The fourth-order valence-corrected chi connectivity index (χ4v) is 7.00. The summed E-state index contributed by atoms with van der Waals surface area (Å²) in [4.78, 5) is 0. The largest absolute Gasteiger partial charge is 4.00 e. The van der Waals surface area contributed by atoms with Gasteiger partial charge >= 0.3 is 30.6 Å². The van der Waals surface area contributed by atoms with Crippen molar-refractivity contribution in [3.8, 4) is 0 Å². The maximum absolute atomic E-state index is 13.4. The van der Waals surface area contributed by atoms with Crippen molar-refractivity contribution in [2.75, 3.05) is 7.05 Å². The molecule has 2 nitrogen and oxygen atoms in total. The SMILES string of the molecule is CN(C1CCCCC1)[Si](=O)CC1=C2C(=CC1)c1ccccc1Cc1ccccc12.[Cl-].[Cl-].[Ti+4]. The molecule has 0 aliphatic heterocycles. The Morgan fingerprint density at radius 3 is 2.19 bits per heavy atom. The predicted octanol–water partition coefficient (Wildman–Crippen LogP) is 0.0204. The molecular formula is C26H29Cl2NOSiTi+2. The quantitative estimate of drug-likeness (QED) is 0.533. The second-order valence-corrected chi connectivity index (χ2v) is 10.6. The molecule has 0 saturated heterocycles. The number of rotatable bonds is 4. The number of allylic oxidation sites excluding steroid dienone is 4. The van der Waals surface area contributed by atoms with Gasteiger partial charge in [-0.25, -0.2) is 0 Å². The van der Waals surface area contributed by atoms with Crippen LogP contribution in [0.25, 0.3) is 11.1 Å². The van der Waals surface area contributed by atoms with Crippen LogP contribution < -0.4 is 24.8 Å². The van der Waals surface area contributed by atoms with Gasteiger partial charge in [0.15, 0.2) is 0 Å². The molecule has 2 aromatic carbocycles. The molecular weight excluding hydrogens is 489 g/mol. The average Bonchev–Trinajstić information content (AvgIpc) is 3.11. The minimum atomic E-state index is -1.80. The first kappa shape index (κ1) is 27.3. The van der Waals surface area contributed by atoms with Crippen molar-refractivity contribution in [2.24, 2.45) is 0 Å². The maximum Gasteiger partial charge on any atom is 4.00 e. The zero-order chi connectivity index (χ0) is 19.8. The molecule has 0 spiro atoms. The molecule has 3 aliphatic rings. The van der Waals surface area contributed by atoms with E-state index in [4.69, 9.17) is 0 Å². The molecule has 0 heterocycles. The fourth-order valence-electron chi connectivity index (χ4n) is 5.40. The molecule has 0 bridgehead atoms. The summed E-state index contributed by atoms with van der Waals surface area (Å²) in [5.74, 6) is 0. The Balaban J connectivity index is 0.00000121. The van der Waals surface area contributed by atoms with Crippen LogP contribution in [0.2, 0.25) is 6.04 Å². The monoisotopic (exact) mass is 517 g/mol. The van der Waals surface area contributed by atoms with Gasteiger partial charge < -0.3 is 33.8 Å². The summed E-state index contributed by atoms with van der Waals surface area (Å²) >= 11 is 0. The second kappa shape index (κ2) is 11.9. The number of hydrogen-bond donors (Lipinski definition) is 0. The van der Waals surface area contributed by atoms with E-state index in [9.17, 15) is 4.46 Å². The molecule has 0 amide bonds. The van der Waals surface area contributed by atoms with Crippen LogP contribution >= 0.6 is 0 Å². The van der Waals surface area contributed by atoms with Gasteiger partial charge in [-0.3, -0.25) is 0 Å². The van der Waals surface area contributed by atoms with Crippen LogP contribution in [0.1, 0.15) is 60.8 Å². The first-order valence-electron chi connectivity index (χ1n) is 11.1. The minimum Gasteiger partial charge on any atom is -1.00 e. The topological polar surface area (TPSA) is 20.3 Å². The molecule has 0 N–H and O–H groups in total. The Kier molecular flexibility index (Phi) is 10.2. The van der Waals surface area contributed by atoms with E-state index in [-0.39, 0.29) is 46.5 Å². The summed E-state index contributed by atoms with van der Waals surface area (Å²) in [6.07, 6.45) is 10.6. The zero-order valence-electron chi connectivity index (χ0n) is 18.5. The average molecular weight is 518 g/mol. The van der Waals surface area contributed by atoms with Crippen LogP contribution in [0.15, 0.2) is 60.2 Å². The van der Waals surface area contributed by atoms with Crippen LogP contribution in [-0.4, -0.2) is 26.5 Å². The van der Waals surface area contributed by atoms with E-state index in [1.54, 1.807) is 0 Å². The summed E-state index contributed by atoms with van der Waals surface area (Å²) in [7, 11) is 0.303. The van der Waals surface area contributed by atoms with E-state index in [1.165, 1.54) is 71.1 Å². The van der Waals surface area contributed by atoms with E-state index in [0.717, 1.165) is 18.9 Å². The molecule has 0 radical (unpaired) electrons. The van der Waals surface area contributed by atoms with E-state index in [1.807, 2.05) is 0 Å². The third-order valence-corrected chi connectivity index (χ3v) is 8.91. The molecule has 1 saturated carbocycles. The molecule has 0 unspecified atom stereocenters. The van der Waals surface area contributed by atoms with Crippen LogP contribution in [0.3, 0.4) is 0 Å². The van der Waals surface area contributed by atoms with Crippen molar-refractivity contribution >= 4 is 20.0 Å². The van der Waals surface area contributed by atoms with Crippen LogP contribution in [0, 0.1) is 0 Å². The number of benzene rings is 2. The molecule has 3 aliphatic carbocycles. The summed E-state index contributed by atoms with van der Waals surface area (Å²) in [5, 5.41) is 0. The molecule has 5 rings (SSSR count). The van der Waals surface area contributed by atoms with Crippen LogP contribution in [-0.2, 0) is 32.6 Å². The smallest absolute Gasteiger partial charge is 1.00 e. The predicted molar refractivity (Wildman–Crippen MR) is 121 cm³/mol. The van der Waals surface area contributed by atoms with Crippen LogP contribution in [0.5, 0.6) is 0 Å². The second-order valence-electron chi connectivity index (χ2n) is 8.76. The number of halogens is 2. The minimum absolute atomic E-state index is 0.